The summed E-state index contributed by atoms with van der Waals surface area (Å²) in [6.07, 6.45) is -3.02. The van der Waals surface area contributed by atoms with Crippen LogP contribution in [0, 0.1) is 0 Å². The SMILES string of the molecule is C=CCOC(=O)c1cc2cc([C@H](F)P(=O)(N[C@@H](C)C(=O)OCCC)OCC(F)(F)F)ccc2s1. The Morgan fingerprint density at radius 1 is 1.26 bits per heavy atom. The van der Waals surface area contributed by atoms with E-state index in [1.54, 1.807) is 6.92 Å². The lowest BCUT2D eigenvalue weighted by molar-refractivity contribution is -0.154. The molecule has 0 spiro atoms. The van der Waals surface area contributed by atoms with Crippen LogP contribution in [0.3, 0.4) is 0 Å². The topological polar surface area (TPSA) is 90.9 Å². The molecule has 1 N–H and O–H groups in total. The number of carbonyl (C=O) groups is 2. The van der Waals surface area contributed by atoms with Gasteiger partial charge in [0.2, 0.25) is 5.91 Å². The van der Waals surface area contributed by atoms with Crippen LogP contribution in [0.5, 0.6) is 0 Å². The molecule has 0 radical (unpaired) electrons. The number of ether oxygens (including phenoxy) is 2. The molecule has 0 aliphatic carbocycles. The number of nitrogens with one attached hydrogen (secondary N) is 1. The van der Waals surface area contributed by atoms with Gasteiger partial charge >= 0.3 is 25.6 Å². The maximum atomic E-state index is 15.4. The first kappa shape index (κ1) is 28.0. The summed E-state index contributed by atoms with van der Waals surface area (Å²) in [4.78, 5) is 24.2. The summed E-state index contributed by atoms with van der Waals surface area (Å²) >= 11 is 1.06. The molecule has 13 heteroatoms. The maximum absolute atomic E-state index is 15.4. The highest BCUT2D eigenvalue weighted by molar-refractivity contribution is 7.57. The molecule has 2 aromatic rings. The third-order valence-corrected chi connectivity index (χ3v) is 7.49. The first-order valence-corrected chi connectivity index (χ1v) is 12.6. The molecule has 0 saturated carbocycles. The maximum Gasteiger partial charge on any atom is 0.412 e. The Morgan fingerprint density at radius 3 is 2.59 bits per heavy atom. The predicted molar refractivity (Wildman–Crippen MR) is 120 cm³/mol. The Balaban J connectivity index is 2.33. The van der Waals surface area contributed by atoms with Gasteiger partial charge in [0, 0.05) is 4.70 Å². The van der Waals surface area contributed by atoms with E-state index in [-0.39, 0.29) is 23.7 Å². The molecule has 0 bridgehead atoms. The molecule has 0 amide bonds. The lowest BCUT2D eigenvalue weighted by atomic mass is 10.2. The minimum Gasteiger partial charge on any atom is -0.465 e. The van der Waals surface area contributed by atoms with Crippen molar-refractivity contribution in [2.75, 3.05) is 19.8 Å². The normalized spacial score (nSPS) is 15.4. The van der Waals surface area contributed by atoms with Gasteiger partial charge in [-0.25, -0.2) is 14.3 Å². The van der Waals surface area contributed by atoms with Crippen LogP contribution in [0.4, 0.5) is 17.6 Å². The molecule has 0 aliphatic rings. The van der Waals surface area contributed by atoms with Crippen molar-refractivity contribution < 1.29 is 45.7 Å². The van der Waals surface area contributed by atoms with Gasteiger partial charge in [-0.05, 0) is 42.5 Å². The third kappa shape index (κ3) is 7.63. The van der Waals surface area contributed by atoms with Crippen molar-refractivity contribution in [3.63, 3.8) is 0 Å². The highest BCUT2D eigenvalue weighted by atomic mass is 32.1. The van der Waals surface area contributed by atoms with Crippen LogP contribution < -0.4 is 5.09 Å². The zero-order valence-corrected chi connectivity index (χ0v) is 20.1. The first-order chi connectivity index (χ1) is 15.9. The highest BCUT2D eigenvalue weighted by Crippen LogP contribution is 2.58. The molecule has 3 atom stereocenters. The summed E-state index contributed by atoms with van der Waals surface area (Å²) in [5.41, 5.74) is -0.261. The fourth-order valence-electron chi connectivity index (χ4n) is 2.70. The smallest absolute Gasteiger partial charge is 0.412 e. The van der Waals surface area contributed by atoms with Crippen LogP contribution in [0.25, 0.3) is 10.1 Å². The summed E-state index contributed by atoms with van der Waals surface area (Å²) < 4.78 is 81.8. The van der Waals surface area contributed by atoms with Crippen LogP contribution in [0.2, 0.25) is 0 Å². The number of esters is 2. The van der Waals surface area contributed by atoms with Crippen LogP contribution in [-0.2, 0) is 23.4 Å². The van der Waals surface area contributed by atoms with Crippen molar-refractivity contribution in [2.24, 2.45) is 0 Å². The number of hydrogen-bond acceptors (Lipinski definition) is 7. The fraction of sp³-hybridized carbons (Fsp3) is 0.429. The van der Waals surface area contributed by atoms with E-state index < -0.39 is 44.2 Å². The van der Waals surface area contributed by atoms with E-state index in [1.165, 1.54) is 37.3 Å². The molecule has 0 aliphatic heterocycles. The van der Waals surface area contributed by atoms with E-state index in [1.807, 2.05) is 0 Å². The van der Waals surface area contributed by atoms with E-state index in [2.05, 4.69) is 16.2 Å². The van der Waals surface area contributed by atoms with Gasteiger partial charge in [-0.15, -0.1) is 11.3 Å². The number of thiophene rings is 1. The molecule has 1 aromatic heterocycles. The first-order valence-electron chi connectivity index (χ1n) is 10.1. The van der Waals surface area contributed by atoms with E-state index in [0.717, 1.165) is 11.3 Å². The second-order valence-electron chi connectivity index (χ2n) is 7.13. The van der Waals surface area contributed by atoms with Crippen molar-refractivity contribution in [1.82, 2.24) is 5.09 Å². The number of halogens is 4. The Hall–Kier alpha value is -2.27. The third-order valence-electron chi connectivity index (χ3n) is 4.24. The van der Waals surface area contributed by atoms with E-state index >= 15 is 4.39 Å². The summed E-state index contributed by atoms with van der Waals surface area (Å²) in [5.74, 6) is -4.09. The monoisotopic (exact) mass is 525 g/mol. The molecule has 1 heterocycles. The average molecular weight is 525 g/mol. The summed E-state index contributed by atoms with van der Waals surface area (Å²) in [5, 5.41) is 2.45. The molecule has 34 heavy (non-hydrogen) atoms. The van der Waals surface area contributed by atoms with Crippen LogP contribution in [0.1, 0.15) is 41.4 Å². The minimum atomic E-state index is -4.91. The summed E-state index contributed by atoms with van der Waals surface area (Å²) in [6, 6.07) is 3.90. The second kappa shape index (κ2) is 11.9. The van der Waals surface area contributed by atoms with Gasteiger partial charge in [-0.1, -0.05) is 25.6 Å². The van der Waals surface area contributed by atoms with Crippen molar-refractivity contribution >= 4 is 40.9 Å². The van der Waals surface area contributed by atoms with Gasteiger partial charge in [0.05, 0.1) is 6.61 Å². The van der Waals surface area contributed by atoms with Crippen molar-refractivity contribution in [1.29, 1.82) is 0 Å². The molecule has 1 unspecified atom stereocenters. The molecule has 1 aromatic carbocycles. The number of rotatable bonds is 12. The Kier molecular flexibility index (Phi) is 9.81. The Bertz CT molecular complexity index is 1070. The van der Waals surface area contributed by atoms with Crippen LogP contribution in [0.15, 0.2) is 36.9 Å². The highest BCUT2D eigenvalue weighted by Gasteiger charge is 2.42. The van der Waals surface area contributed by atoms with Crippen LogP contribution in [-0.4, -0.2) is 44.0 Å². The van der Waals surface area contributed by atoms with Crippen LogP contribution >= 0.6 is 18.9 Å². The lowest BCUT2D eigenvalue weighted by Crippen LogP contribution is -2.35. The predicted octanol–water partition coefficient (Wildman–Crippen LogP) is 5.92. The van der Waals surface area contributed by atoms with Crippen molar-refractivity contribution in [2.45, 2.75) is 38.4 Å². The van der Waals surface area contributed by atoms with E-state index in [4.69, 9.17) is 9.47 Å². The van der Waals surface area contributed by atoms with Gasteiger partial charge in [0.1, 0.15) is 17.5 Å². The quantitative estimate of drug-likeness (QED) is 0.159. The molecular formula is C21H24F4NO6PS. The summed E-state index contributed by atoms with van der Waals surface area (Å²) in [6.45, 7) is 4.38. The molecular weight excluding hydrogens is 501 g/mol. The number of fused-ring (bicyclic) bond motifs is 1. The molecule has 188 valence electrons. The standard InChI is InChI=1S/C21H24F4NO6PS/c1-4-8-30-19(27)13(3)26-33(29,32-12-21(23,24)25)18(22)14-6-7-16-15(10-14)11-17(34-16)20(28)31-9-5-2/h5-7,10-11,13,18H,2,4,8-9,12H2,1,3H3,(H,26,29)/t13-,18+,33?/m0/s1. The second-order valence-corrected chi connectivity index (χ2v) is 10.4. The van der Waals surface area contributed by atoms with Gasteiger partial charge < -0.3 is 14.0 Å². The minimum absolute atomic E-state index is 0.00481. The van der Waals surface area contributed by atoms with Gasteiger partial charge in [-0.2, -0.15) is 13.2 Å². The number of hydrogen-bond donors (Lipinski definition) is 1. The largest absolute Gasteiger partial charge is 0.465 e. The number of benzene rings is 1. The number of alkyl halides is 4. The fourth-order valence-corrected chi connectivity index (χ4v) is 5.51. The van der Waals surface area contributed by atoms with E-state index in [9.17, 15) is 27.3 Å². The Labute approximate surface area is 197 Å². The van der Waals surface area contributed by atoms with Crippen molar-refractivity contribution in [3.05, 3.63) is 47.4 Å². The van der Waals surface area contributed by atoms with Crippen molar-refractivity contribution in [3.8, 4) is 0 Å². The summed E-state index contributed by atoms with van der Waals surface area (Å²) in [7, 11) is -4.91. The van der Waals surface area contributed by atoms with E-state index in [0.29, 0.717) is 16.5 Å². The molecule has 2 rings (SSSR count). The van der Waals surface area contributed by atoms with Gasteiger partial charge in [-0.3, -0.25) is 9.36 Å². The van der Waals surface area contributed by atoms with Gasteiger partial charge in [0.25, 0.3) is 0 Å². The molecule has 7 nitrogen and oxygen atoms in total. The zero-order chi connectivity index (χ0) is 25.5. The molecule has 0 saturated heterocycles. The lowest BCUT2D eigenvalue weighted by Gasteiger charge is -2.26. The Morgan fingerprint density at radius 2 is 1.97 bits per heavy atom. The molecule has 0 fully saturated rings. The van der Waals surface area contributed by atoms with Gasteiger partial charge in [0.15, 0.2) is 6.61 Å². The zero-order valence-electron chi connectivity index (χ0n) is 18.4. The average Bonchev–Trinajstić information content (AvgIpc) is 3.22. The number of carbonyl (C=O) groups excluding carboxylic acids is 2.